The Kier molecular flexibility index (Phi) is 5.12. The zero-order valence-corrected chi connectivity index (χ0v) is 16.2. The van der Waals surface area contributed by atoms with Crippen molar-refractivity contribution in [2.45, 2.75) is 12.5 Å². The van der Waals surface area contributed by atoms with Crippen molar-refractivity contribution in [3.8, 4) is 11.8 Å². The fourth-order valence-corrected chi connectivity index (χ4v) is 3.60. The molecule has 1 aromatic carbocycles. The second kappa shape index (κ2) is 7.88. The standard InChI is InChI=1S/C20H20N6O4/c1-29-18(22)13-8-12(2-3-16(13)27)24-19-17-14(4-6-23-20(17)28)26(25-19)15-10-30-7-5-11(15)9-21/h2-4,6,8,11,15,22,27H,5,7,10H2,1H3,(H,23,28)(H,24,25)/t11-,15+/m1/s1. The summed E-state index contributed by atoms with van der Waals surface area (Å²) < 4.78 is 12.1. The summed E-state index contributed by atoms with van der Waals surface area (Å²) in [5.41, 5.74) is 0.970. The smallest absolute Gasteiger partial charge is 0.261 e. The lowest BCUT2D eigenvalue weighted by atomic mass is 9.96. The van der Waals surface area contributed by atoms with Crippen LogP contribution >= 0.6 is 0 Å². The Morgan fingerprint density at radius 1 is 1.50 bits per heavy atom. The van der Waals surface area contributed by atoms with E-state index in [1.807, 2.05) is 0 Å². The molecule has 4 rings (SSSR count). The number of phenolic OH excluding ortho intramolecular Hbond substituents is 1. The van der Waals surface area contributed by atoms with Crippen LogP contribution in [0.4, 0.5) is 11.5 Å². The van der Waals surface area contributed by atoms with E-state index in [2.05, 4.69) is 21.5 Å². The molecule has 4 N–H and O–H groups in total. The van der Waals surface area contributed by atoms with Gasteiger partial charge in [-0.05, 0) is 30.7 Å². The van der Waals surface area contributed by atoms with Crippen molar-refractivity contribution in [1.82, 2.24) is 14.8 Å². The number of nitriles is 1. The van der Waals surface area contributed by atoms with Crippen LogP contribution in [0.5, 0.6) is 5.75 Å². The lowest BCUT2D eigenvalue weighted by Crippen LogP contribution is -2.30. The van der Waals surface area contributed by atoms with Gasteiger partial charge in [0.2, 0.25) is 5.90 Å². The number of hydrogen-bond donors (Lipinski definition) is 4. The zero-order valence-electron chi connectivity index (χ0n) is 16.2. The van der Waals surface area contributed by atoms with Gasteiger partial charge in [-0.15, -0.1) is 0 Å². The van der Waals surface area contributed by atoms with Gasteiger partial charge in [0.15, 0.2) is 5.82 Å². The van der Waals surface area contributed by atoms with Crippen LogP contribution in [0.3, 0.4) is 0 Å². The highest BCUT2D eigenvalue weighted by atomic mass is 16.5. The number of H-pyrrole nitrogens is 1. The Labute approximate surface area is 171 Å². The zero-order chi connectivity index (χ0) is 21.3. The van der Waals surface area contributed by atoms with Gasteiger partial charge in [0, 0.05) is 18.5 Å². The summed E-state index contributed by atoms with van der Waals surface area (Å²) in [5, 5.41) is 35.4. The molecule has 154 valence electrons. The monoisotopic (exact) mass is 408 g/mol. The van der Waals surface area contributed by atoms with E-state index < -0.39 is 0 Å². The number of aromatic nitrogens is 3. The summed E-state index contributed by atoms with van der Waals surface area (Å²) in [7, 11) is 1.34. The third-order valence-electron chi connectivity index (χ3n) is 5.14. The van der Waals surface area contributed by atoms with Crippen molar-refractivity contribution in [1.29, 1.82) is 10.7 Å². The summed E-state index contributed by atoms with van der Waals surface area (Å²) in [6.45, 7) is 0.844. The molecule has 0 saturated carbocycles. The summed E-state index contributed by atoms with van der Waals surface area (Å²) in [6, 6.07) is 8.29. The van der Waals surface area contributed by atoms with Crippen LogP contribution < -0.4 is 10.9 Å². The van der Waals surface area contributed by atoms with Crippen LogP contribution in [0.15, 0.2) is 35.3 Å². The van der Waals surface area contributed by atoms with E-state index in [0.29, 0.717) is 42.0 Å². The van der Waals surface area contributed by atoms with Gasteiger partial charge >= 0.3 is 0 Å². The predicted molar refractivity (Wildman–Crippen MR) is 109 cm³/mol. The maximum atomic E-state index is 12.6. The van der Waals surface area contributed by atoms with Crippen molar-refractivity contribution in [2.75, 3.05) is 25.6 Å². The molecule has 2 aromatic heterocycles. The number of aromatic amines is 1. The van der Waals surface area contributed by atoms with Gasteiger partial charge in [-0.25, -0.2) is 0 Å². The number of methoxy groups -OCH3 is 1. The molecule has 3 aromatic rings. The first-order valence-corrected chi connectivity index (χ1v) is 9.33. The second-order valence-electron chi connectivity index (χ2n) is 6.92. The Bertz CT molecular complexity index is 1210. The molecule has 1 aliphatic heterocycles. The number of pyridine rings is 1. The van der Waals surface area contributed by atoms with Gasteiger partial charge in [0.25, 0.3) is 5.56 Å². The van der Waals surface area contributed by atoms with E-state index in [1.54, 1.807) is 16.8 Å². The average Bonchev–Trinajstić information content (AvgIpc) is 3.13. The Morgan fingerprint density at radius 3 is 3.10 bits per heavy atom. The number of anilines is 2. The van der Waals surface area contributed by atoms with E-state index in [1.165, 1.54) is 25.4 Å². The van der Waals surface area contributed by atoms with E-state index in [-0.39, 0.29) is 34.7 Å². The molecule has 1 saturated heterocycles. The van der Waals surface area contributed by atoms with Crippen LogP contribution in [-0.4, -0.2) is 46.1 Å². The van der Waals surface area contributed by atoms with Crippen LogP contribution in [0, 0.1) is 22.7 Å². The van der Waals surface area contributed by atoms with E-state index in [4.69, 9.17) is 14.9 Å². The Hall–Kier alpha value is -3.84. The molecule has 0 unspecified atom stereocenters. The molecule has 10 heteroatoms. The topological polar surface area (TPSA) is 149 Å². The molecule has 2 atom stereocenters. The highest BCUT2D eigenvalue weighted by Crippen LogP contribution is 2.32. The molecule has 3 heterocycles. The van der Waals surface area contributed by atoms with Crippen LogP contribution in [-0.2, 0) is 9.47 Å². The molecule has 1 fully saturated rings. The highest BCUT2D eigenvalue weighted by Gasteiger charge is 2.30. The van der Waals surface area contributed by atoms with Crippen LogP contribution in [0.1, 0.15) is 18.0 Å². The number of phenols is 1. The number of fused-ring (bicyclic) bond motifs is 1. The maximum absolute atomic E-state index is 12.6. The third kappa shape index (κ3) is 3.35. The van der Waals surface area contributed by atoms with Crippen molar-refractivity contribution < 1.29 is 14.6 Å². The summed E-state index contributed by atoms with van der Waals surface area (Å²) in [6.07, 6.45) is 2.13. The number of hydrogen-bond acceptors (Lipinski definition) is 8. The number of nitrogens with one attached hydrogen (secondary N) is 3. The quantitative estimate of drug-likeness (QED) is 0.294. The molecule has 0 radical (unpaired) electrons. The van der Waals surface area contributed by atoms with Crippen LogP contribution in [0.25, 0.3) is 10.9 Å². The fraction of sp³-hybridized carbons (Fsp3) is 0.300. The normalized spacial score (nSPS) is 18.7. The number of ether oxygens (including phenoxy) is 2. The molecular weight excluding hydrogens is 388 g/mol. The Morgan fingerprint density at radius 2 is 2.33 bits per heavy atom. The van der Waals surface area contributed by atoms with E-state index >= 15 is 0 Å². The predicted octanol–water partition coefficient (Wildman–Crippen LogP) is 2.25. The number of aromatic hydroxyl groups is 1. The fourth-order valence-electron chi connectivity index (χ4n) is 3.60. The first-order valence-electron chi connectivity index (χ1n) is 9.33. The minimum atomic E-state index is -0.324. The summed E-state index contributed by atoms with van der Waals surface area (Å²) in [5.74, 6) is -0.274. The van der Waals surface area contributed by atoms with Crippen molar-refractivity contribution in [2.24, 2.45) is 5.92 Å². The molecule has 10 nitrogen and oxygen atoms in total. The first kappa shape index (κ1) is 19.5. The molecule has 0 aliphatic carbocycles. The van der Waals surface area contributed by atoms with Crippen molar-refractivity contribution in [3.05, 3.63) is 46.4 Å². The summed E-state index contributed by atoms with van der Waals surface area (Å²) in [4.78, 5) is 15.2. The largest absolute Gasteiger partial charge is 0.507 e. The molecular formula is C20H20N6O4. The minimum Gasteiger partial charge on any atom is -0.507 e. The SMILES string of the molecule is COC(=N)c1cc(Nc2nn([C@H]3COCC[C@@H]3C#N)c3cc[nH]c(=O)c23)ccc1O. The van der Waals surface area contributed by atoms with E-state index in [9.17, 15) is 15.2 Å². The van der Waals surface area contributed by atoms with Gasteiger partial charge in [0.1, 0.15) is 11.1 Å². The van der Waals surface area contributed by atoms with Gasteiger partial charge in [0.05, 0.1) is 42.8 Å². The molecule has 0 bridgehead atoms. The van der Waals surface area contributed by atoms with Crippen LogP contribution in [0.2, 0.25) is 0 Å². The van der Waals surface area contributed by atoms with Gasteiger partial charge < -0.3 is 24.9 Å². The lowest BCUT2D eigenvalue weighted by molar-refractivity contribution is 0.0359. The second-order valence-corrected chi connectivity index (χ2v) is 6.92. The van der Waals surface area contributed by atoms with Crippen molar-refractivity contribution in [3.63, 3.8) is 0 Å². The number of benzene rings is 1. The third-order valence-corrected chi connectivity index (χ3v) is 5.14. The molecule has 0 amide bonds. The average molecular weight is 408 g/mol. The van der Waals surface area contributed by atoms with Gasteiger partial charge in [-0.1, -0.05) is 0 Å². The minimum absolute atomic E-state index is 0.100. The van der Waals surface area contributed by atoms with E-state index in [0.717, 1.165) is 0 Å². The van der Waals surface area contributed by atoms with Crippen molar-refractivity contribution >= 4 is 28.3 Å². The first-order chi connectivity index (χ1) is 14.5. The molecule has 0 spiro atoms. The lowest BCUT2D eigenvalue weighted by Gasteiger charge is -2.27. The number of rotatable bonds is 4. The Balaban J connectivity index is 1.80. The summed E-state index contributed by atoms with van der Waals surface area (Å²) >= 11 is 0. The van der Waals surface area contributed by atoms with Gasteiger partial charge in [-0.2, -0.15) is 10.4 Å². The highest BCUT2D eigenvalue weighted by molar-refractivity contribution is 5.96. The molecule has 30 heavy (non-hydrogen) atoms. The number of nitrogens with zero attached hydrogens (tertiary/aromatic N) is 3. The maximum Gasteiger partial charge on any atom is 0.261 e. The van der Waals surface area contributed by atoms with Gasteiger partial charge in [-0.3, -0.25) is 14.9 Å². The molecule has 1 aliphatic rings.